The number of hydrogen-bond acceptors (Lipinski definition) is 8. The van der Waals surface area contributed by atoms with Crippen LogP contribution in [-0.4, -0.2) is 60.5 Å². The molecule has 0 bridgehead atoms. The summed E-state index contributed by atoms with van der Waals surface area (Å²) < 4.78 is 7.23. The van der Waals surface area contributed by atoms with Crippen LogP contribution in [0.15, 0.2) is 30.6 Å². The number of imidazole rings is 1. The van der Waals surface area contributed by atoms with E-state index in [1.807, 2.05) is 31.2 Å². The maximum atomic E-state index is 12.5. The molecule has 1 saturated heterocycles. The summed E-state index contributed by atoms with van der Waals surface area (Å²) in [5.74, 6) is 0.461. The molecule has 4 N–H and O–H groups in total. The first-order chi connectivity index (χ1) is 15.9. The van der Waals surface area contributed by atoms with Crippen molar-refractivity contribution in [2.24, 2.45) is 5.92 Å². The standard InChI is InChI=1S/C22H25ClN6O4/c1-11-4-2-3-5-13(11)9-24-18-14-19(28-22(23)27-18)29(10-26-14)21-16(31)15(30)17(33-21)20(32)25-8-12-6-7-12/h2-5,10,12,15-17,21,30-31H,6-9H2,1H3,(H,25,32)(H,24,27,28). The molecule has 2 fully saturated rings. The van der Waals surface area contributed by atoms with E-state index in [0.29, 0.717) is 36.0 Å². The Kier molecular flexibility index (Phi) is 5.92. The molecule has 3 heterocycles. The van der Waals surface area contributed by atoms with E-state index in [9.17, 15) is 15.0 Å². The van der Waals surface area contributed by atoms with Gasteiger partial charge in [-0.3, -0.25) is 9.36 Å². The lowest BCUT2D eigenvalue weighted by Gasteiger charge is -2.16. The highest BCUT2D eigenvalue weighted by molar-refractivity contribution is 6.28. The number of benzene rings is 1. The highest BCUT2D eigenvalue weighted by atomic mass is 35.5. The van der Waals surface area contributed by atoms with Gasteiger partial charge in [0.2, 0.25) is 5.28 Å². The van der Waals surface area contributed by atoms with Crippen LogP contribution in [0, 0.1) is 12.8 Å². The van der Waals surface area contributed by atoms with Crippen molar-refractivity contribution in [3.05, 3.63) is 47.0 Å². The lowest BCUT2D eigenvalue weighted by molar-refractivity contribution is -0.137. The maximum absolute atomic E-state index is 12.5. The van der Waals surface area contributed by atoms with Crippen LogP contribution in [0.25, 0.3) is 11.2 Å². The topological polar surface area (TPSA) is 134 Å². The molecule has 1 aromatic carbocycles. The number of aliphatic hydroxyl groups excluding tert-OH is 2. The van der Waals surface area contributed by atoms with Crippen molar-refractivity contribution in [3.63, 3.8) is 0 Å². The van der Waals surface area contributed by atoms with E-state index in [-0.39, 0.29) is 5.28 Å². The average Bonchev–Trinajstić information content (AvgIpc) is 3.47. The van der Waals surface area contributed by atoms with Gasteiger partial charge in [-0.15, -0.1) is 0 Å². The first-order valence-corrected chi connectivity index (χ1v) is 11.3. The van der Waals surface area contributed by atoms with E-state index in [4.69, 9.17) is 16.3 Å². The van der Waals surface area contributed by atoms with E-state index in [2.05, 4.69) is 25.6 Å². The van der Waals surface area contributed by atoms with Crippen molar-refractivity contribution in [1.29, 1.82) is 0 Å². The van der Waals surface area contributed by atoms with Crippen LogP contribution < -0.4 is 10.6 Å². The largest absolute Gasteiger partial charge is 0.387 e. The van der Waals surface area contributed by atoms with Crippen LogP contribution >= 0.6 is 11.6 Å². The Labute approximate surface area is 195 Å². The van der Waals surface area contributed by atoms with Crippen LogP contribution in [0.4, 0.5) is 5.82 Å². The molecule has 3 aromatic rings. The van der Waals surface area contributed by atoms with Gasteiger partial charge in [0.25, 0.3) is 5.91 Å². The molecule has 11 heteroatoms. The first-order valence-electron chi connectivity index (χ1n) is 10.9. The molecule has 1 aliphatic heterocycles. The van der Waals surface area contributed by atoms with Crippen LogP contribution in [0.3, 0.4) is 0 Å². The normalized spacial score (nSPS) is 24.8. The van der Waals surface area contributed by atoms with Crippen LogP contribution in [0.1, 0.15) is 30.2 Å². The molecule has 5 rings (SSSR count). The van der Waals surface area contributed by atoms with Crippen LogP contribution in [0.2, 0.25) is 5.28 Å². The number of carbonyl (C=O) groups is 1. The monoisotopic (exact) mass is 472 g/mol. The number of rotatable bonds is 7. The summed E-state index contributed by atoms with van der Waals surface area (Å²) in [7, 11) is 0. The van der Waals surface area contributed by atoms with E-state index in [0.717, 1.165) is 24.0 Å². The molecule has 2 aliphatic rings. The predicted molar refractivity (Wildman–Crippen MR) is 120 cm³/mol. The number of nitrogens with zero attached hydrogens (tertiary/aromatic N) is 4. The van der Waals surface area contributed by atoms with Crippen LogP contribution in [-0.2, 0) is 16.1 Å². The third-order valence-electron chi connectivity index (χ3n) is 6.13. The Morgan fingerprint density at radius 3 is 2.79 bits per heavy atom. The van der Waals surface area contributed by atoms with Crippen molar-refractivity contribution < 1.29 is 19.7 Å². The van der Waals surface area contributed by atoms with Gasteiger partial charge in [-0.2, -0.15) is 9.97 Å². The van der Waals surface area contributed by atoms with Gasteiger partial charge >= 0.3 is 0 Å². The molecule has 33 heavy (non-hydrogen) atoms. The zero-order valence-electron chi connectivity index (χ0n) is 18.0. The molecule has 4 atom stereocenters. The molecule has 0 radical (unpaired) electrons. The van der Waals surface area contributed by atoms with E-state index in [1.54, 1.807) is 0 Å². The number of anilines is 1. The van der Waals surface area contributed by atoms with Gasteiger partial charge < -0.3 is 25.6 Å². The number of aliphatic hydroxyl groups is 2. The fourth-order valence-electron chi connectivity index (χ4n) is 3.96. The first kappa shape index (κ1) is 22.0. The van der Waals surface area contributed by atoms with Gasteiger partial charge in [-0.25, -0.2) is 4.98 Å². The van der Waals surface area contributed by atoms with Gasteiger partial charge in [0, 0.05) is 13.1 Å². The van der Waals surface area contributed by atoms with Gasteiger partial charge in [-0.1, -0.05) is 24.3 Å². The van der Waals surface area contributed by atoms with E-state index in [1.165, 1.54) is 10.9 Å². The number of amides is 1. The lowest BCUT2D eigenvalue weighted by Crippen LogP contribution is -2.43. The summed E-state index contributed by atoms with van der Waals surface area (Å²) in [4.78, 5) is 25.4. The minimum absolute atomic E-state index is 0.0108. The summed E-state index contributed by atoms with van der Waals surface area (Å²) in [6, 6.07) is 7.97. The number of fused-ring (bicyclic) bond motifs is 1. The molecule has 4 unspecified atom stereocenters. The maximum Gasteiger partial charge on any atom is 0.252 e. The molecular weight excluding hydrogens is 448 g/mol. The molecular formula is C22H25ClN6O4. The quantitative estimate of drug-likeness (QED) is 0.380. The summed E-state index contributed by atoms with van der Waals surface area (Å²) in [6.07, 6.45) is -1.39. The number of ether oxygens (including phenoxy) is 1. The highest BCUT2D eigenvalue weighted by Gasteiger charge is 2.48. The highest BCUT2D eigenvalue weighted by Crippen LogP contribution is 2.33. The number of nitrogens with one attached hydrogen (secondary N) is 2. The number of halogens is 1. The second kappa shape index (κ2) is 8.86. The third kappa shape index (κ3) is 4.39. The molecule has 1 aliphatic carbocycles. The SMILES string of the molecule is Cc1ccccc1CNc1nc(Cl)nc2c1ncn2C1OC(C(=O)NCC2CC2)C(O)C1O. The zero-order valence-corrected chi connectivity index (χ0v) is 18.7. The fraction of sp³-hybridized carbons (Fsp3) is 0.455. The van der Waals surface area contributed by atoms with Crippen LogP contribution in [0.5, 0.6) is 0 Å². The van der Waals surface area contributed by atoms with Crippen molar-refractivity contribution in [2.45, 2.75) is 50.8 Å². The lowest BCUT2D eigenvalue weighted by atomic mass is 10.1. The Hall–Kier alpha value is -2.79. The molecule has 0 spiro atoms. The Balaban J connectivity index is 1.38. The van der Waals surface area contributed by atoms with Crippen molar-refractivity contribution >= 4 is 34.5 Å². The van der Waals surface area contributed by atoms with Gasteiger partial charge in [0.15, 0.2) is 29.3 Å². The van der Waals surface area contributed by atoms with E-state index >= 15 is 0 Å². The molecule has 1 amide bonds. The third-order valence-corrected chi connectivity index (χ3v) is 6.30. The summed E-state index contributed by atoms with van der Waals surface area (Å²) in [5, 5.41) is 27.1. The van der Waals surface area contributed by atoms with Crippen molar-refractivity contribution in [3.8, 4) is 0 Å². The minimum atomic E-state index is -1.39. The molecule has 174 valence electrons. The second-order valence-electron chi connectivity index (χ2n) is 8.56. The summed E-state index contributed by atoms with van der Waals surface area (Å²) in [5.41, 5.74) is 2.98. The van der Waals surface area contributed by atoms with Gasteiger partial charge in [0.1, 0.15) is 12.2 Å². The summed E-state index contributed by atoms with van der Waals surface area (Å²) in [6.45, 7) is 3.07. The van der Waals surface area contributed by atoms with Gasteiger partial charge in [-0.05, 0) is 48.4 Å². The van der Waals surface area contributed by atoms with Crippen molar-refractivity contribution in [1.82, 2.24) is 24.8 Å². The fourth-order valence-corrected chi connectivity index (χ4v) is 4.12. The molecule has 10 nitrogen and oxygen atoms in total. The Bertz CT molecular complexity index is 1180. The smallest absolute Gasteiger partial charge is 0.252 e. The average molecular weight is 473 g/mol. The molecule has 2 aromatic heterocycles. The number of aryl methyl sites for hydroxylation is 1. The Morgan fingerprint density at radius 2 is 2.03 bits per heavy atom. The molecule has 1 saturated carbocycles. The number of hydrogen-bond donors (Lipinski definition) is 4. The predicted octanol–water partition coefficient (Wildman–Crippen LogP) is 1.55. The number of carbonyl (C=O) groups excluding carboxylic acids is 1. The van der Waals surface area contributed by atoms with E-state index < -0.39 is 30.4 Å². The number of aromatic nitrogens is 4. The summed E-state index contributed by atoms with van der Waals surface area (Å²) >= 11 is 6.17. The second-order valence-corrected chi connectivity index (χ2v) is 8.90. The Morgan fingerprint density at radius 1 is 1.24 bits per heavy atom. The van der Waals surface area contributed by atoms with Crippen molar-refractivity contribution in [2.75, 3.05) is 11.9 Å². The zero-order chi connectivity index (χ0) is 23.1. The minimum Gasteiger partial charge on any atom is -0.387 e. The van der Waals surface area contributed by atoms with Gasteiger partial charge in [0.05, 0.1) is 6.33 Å².